The van der Waals surface area contributed by atoms with Gasteiger partial charge in [-0.3, -0.25) is 0 Å². The number of para-hydroxylation sites is 1. The van der Waals surface area contributed by atoms with Gasteiger partial charge in [0.1, 0.15) is 12.4 Å². The Kier molecular flexibility index (Phi) is 4.43. The SMILES string of the molecule is COc1ccccc1COC(=O)c1occc1-c1ccccc1. The van der Waals surface area contributed by atoms with E-state index in [1.807, 2.05) is 54.6 Å². The predicted octanol–water partition coefficient (Wildman–Crippen LogP) is 4.31. The van der Waals surface area contributed by atoms with E-state index >= 15 is 0 Å². The molecule has 0 fully saturated rings. The van der Waals surface area contributed by atoms with Crippen molar-refractivity contribution in [3.05, 3.63) is 78.3 Å². The number of hydrogen-bond acceptors (Lipinski definition) is 4. The largest absolute Gasteiger partial charge is 0.496 e. The third-order valence-electron chi connectivity index (χ3n) is 3.49. The summed E-state index contributed by atoms with van der Waals surface area (Å²) in [5.74, 6) is 0.383. The van der Waals surface area contributed by atoms with E-state index in [0.29, 0.717) is 5.75 Å². The van der Waals surface area contributed by atoms with E-state index in [2.05, 4.69) is 0 Å². The molecule has 0 N–H and O–H groups in total. The van der Waals surface area contributed by atoms with Crippen molar-refractivity contribution in [1.29, 1.82) is 0 Å². The second-order valence-corrected chi connectivity index (χ2v) is 4.92. The average molecular weight is 308 g/mol. The van der Waals surface area contributed by atoms with Gasteiger partial charge < -0.3 is 13.9 Å². The van der Waals surface area contributed by atoms with Crippen molar-refractivity contribution < 1.29 is 18.7 Å². The Bertz CT molecular complexity index is 790. The third kappa shape index (κ3) is 3.26. The van der Waals surface area contributed by atoms with Gasteiger partial charge in [-0.25, -0.2) is 4.79 Å². The van der Waals surface area contributed by atoms with Crippen molar-refractivity contribution in [3.8, 4) is 16.9 Å². The fourth-order valence-electron chi connectivity index (χ4n) is 2.34. The van der Waals surface area contributed by atoms with Crippen molar-refractivity contribution >= 4 is 5.97 Å². The zero-order valence-electron chi connectivity index (χ0n) is 12.7. The van der Waals surface area contributed by atoms with Crippen LogP contribution in [-0.4, -0.2) is 13.1 Å². The molecule has 0 aliphatic rings. The molecular weight excluding hydrogens is 292 g/mol. The lowest BCUT2D eigenvalue weighted by Gasteiger charge is -2.09. The van der Waals surface area contributed by atoms with Gasteiger partial charge in [0, 0.05) is 11.1 Å². The lowest BCUT2D eigenvalue weighted by Crippen LogP contribution is -2.06. The van der Waals surface area contributed by atoms with Crippen LogP contribution in [0.5, 0.6) is 5.75 Å². The van der Waals surface area contributed by atoms with Crippen LogP contribution in [0.4, 0.5) is 0 Å². The number of carbonyl (C=O) groups is 1. The van der Waals surface area contributed by atoms with Gasteiger partial charge in [0.2, 0.25) is 5.76 Å². The molecular formula is C19H16O4. The number of hydrogen-bond donors (Lipinski definition) is 0. The highest BCUT2D eigenvalue weighted by molar-refractivity contribution is 5.94. The summed E-state index contributed by atoms with van der Waals surface area (Å²) in [5.41, 5.74) is 2.43. The van der Waals surface area contributed by atoms with Crippen LogP contribution < -0.4 is 4.74 Å². The van der Waals surface area contributed by atoms with E-state index < -0.39 is 5.97 Å². The monoisotopic (exact) mass is 308 g/mol. The Morgan fingerprint density at radius 2 is 1.74 bits per heavy atom. The van der Waals surface area contributed by atoms with Gasteiger partial charge >= 0.3 is 5.97 Å². The summed E-state index contributed by atoms with van der Waals surface area (Å²) in [6.07, 6.45) is 1.49. The first kappa shape index (κ1) is 14.9. The summed E-state index contributed by atoms with van der Waals surface area (Å²) < 4.78 is 15.9. The maximum absolute atomic E-state index is 12.3. The lowest BCUT2D eigenvalue weighted by molar-refractivity contribution is 0.0435. The van der Waals surface area contributed by atoms with E-state index in [1.165, 1.54) is 6.26 Å². The molecule has 23 heavy (non-hydrogen) atoms. The number of carbonyl (C=O) groups excluding carboxylic acids is 1. The minimum atomic E-state index is -0.500. The van der Waals surface area contributed by atoms with Crippen LogP contribution in [0.1, 0.15) is 16.1 Å². The summed E-state index contributed by atoms with van der Waals surface area (Å²) in [6, 6.07) is 18.7. The number of methoxy groups -OCH3 is 1. The Hall–Kier alpha value is -3.01. The zero-order chi connectivity index (χ0) is 16.1. The molecule has 0 aliphatic heterocycles. The van der Waals surface area contributed by atoms with E-state index in [-0.39, 0.29) is 12.4 Å². The minimum absolute atomic E-state index is 0.123. The molecule has 0 unspecified atom stereocenters. The van der Waals surface area contributed by atoms with E-state index in [0.717, 1.165) is 16.7 Å². The van der Waals surface area contributed by atoms with Crippen LogP contribution in [-0.2, 0) is 11.3 Å². The normalized spacial score (nSPS) is 10.3. The first-order chi connectivity index (χ1) is 11.3. The van der Waals surface area contributed by atoms with Gasteiger partial charge in [-0.2, -0.15) is 0 Å². The van der Waals surface area contributed by atoms with Gasteiger partial charge in [0.15, 0.2) is 0 Å². The molecule has 0 atom stereocenters. The summed E-state index contributed by atoms with van der Waals surface area (Å²) >= 11 is 0. The molecule has 1 aromatic heterocycles. The second kappa shape index (κ2) is 6.83. The summed E-state index contributed by atoms with van der Waals surface area (Å²) in [7, 11) is 1.58. The fraction of sp³-hybridized carbons (Fsp3) is 0.105. The molecule has 116 valence electrons. The van der Waals surface area contributed by atoms with Crippen LogP contribution in [0.15, 0.2) is 71.3 Å². The molecule has 2 aromatic carbocycles. The van der Waals surface area contributed by atoms with Crippen molar-refractivity contribution in [2.75, 3.05) is 7.11 Å². The van der Waals surface area contributed by atoms with Gasteiger partial charge in [0.25, 0.3) is 0 Å². The van der Waals surface area contributed by atoms with Crippen molar-refractivity contribution in [2.24, 2.45) is 0 Å². The van der Waals surface area contributed by atoms with Crippen LogP contribution in [0.3, 0.4) is 0 Å². The second-order valence-electron chi connectivity index (χ2n) is 4.92. The van der Waals surface area contributed by atoms with E-state index in [4.69, 9.17) is 13.9 Å². The van der Waals surface area contributed by atoms with Crippen LogP contribution in [0.25, 0.3) is 11.1 Å². The quantitative estimate of drug-likeness (QED) is 0.659. The average Bonchev–Trinajstić information content (AvgIpc) is 3.10. The highest BCUT2D eigenvalue weighted by Gasteiger charge is 2.18. The number of esters is 1. The Morgan fingerprint density at radius 3 is 2.52 bits per heavy atom. The number of ether oxygens (including phenoxy) is 2. The van der Waals surface area contributed by atoms with Crippen LogP contribution in [0, 0.1) is 0 Å². The Morgan fingerprint density at radius 1 is 1.00 bits per heavy atom. The topological polar surface area (TPSA) is 48.7 Å². The Labute approximate surface area is 134 Å². The van der Waals surface area contributed by atoms with Gasteiger partial charge in [-0.15, -0.1) is 0 Å². The molecule has 0 saturated heterocycles. The standard InChI is InChI=1S/C19H16O4/c1-21-17-10-6-5-9-15(17)13-23-19(20)18-16(11-12-22-18)14-7-3-2-4-8-14/h2-12H,13H2,1H3. The molecule has 4 nitrogen and oxygen atoms in total. The van der Waals surface area contributed by atoms with Gasteiger partial charge in [-0.1, -0.05) is 48.5 Å². The molecule has 1 heterocycles. The molecule has 3 rings (SSSR count). The van der Waals surface area contributed by atoms with Crippen molar-refractivity contribution in [2.45, 2.75) is 6.61 Å². The minimum Gasteiger partial charge on any atom is -0.496 e. The van der Waals surface area contributed by atoms with Crippen molar-refractivity contribution in [1.82, 2.24) is 0 Å². The third-order valence-corrected chi connectivity index (χ3v) is 3.49. The van der Waals surface area contributed by atoms with Crippen LogP contribution in [0.2, 0.25) is 0 Å². The Balaban J connectivity index is 1.76. The first-order valence-electron chi connectivity index (χ1n) is 7.21. The number of furan rings is 1. The molecule has 3 aromatic rings. The maximum Gasteiger partial charge on any atom is 0.375 e. The van der Waals surface area contributed by atoms with E-state index in [9.17, 15) is 4.79 Å². The smallest absolute Gasteiger partial charge is 0.375 e. The summed E-state index contributed by atoms with van der Waals surface area (Å²) in [4.78, 5) is 12.3. The first-order valence-corrected chi connectivity index (χ1v) is 7.21. The molecule has 0 bridgehead atoms. The highest BCUT2D eigenvalue weighted by Crippen LogP contribution is 2.26. The number of benzene rings is 2. The molecule has 4 heteroatoms. The molecule has 0 spiro atoms. The number of rotatable bonds is 5. The van der Waals surface area contributed by atoms with Gasteiger partial charge in [-0.05, 0) is 17.7 Å². The molecule has 0 amide bonds. The predicted molar refractivity (Wildman–Crippen MR) is 86.3 cm³/mol. The highest BCUT2D eigenvalue weighted by atomic mass is 16.5. The maximum atomic E-state index is 12.3. The van der Waals surface area contributed by atoms with Crippen LogP contribution >= 0.6 is 0 Å². The fourth-order valence-corrected chi connectivity index (χ4v) is 2.34. The van der Waals surface area contributed by atoms with Crippen molar-refractivity contribution in [3.63, 3.8) is 0 Å². The lowest BCUT2D eigenvalue weighted by atomic mass is 10.1. The molecule has 0 radical (unpaired) electrons. The van der Waals surface area contributed by atoms with E-state index in [1.54, 1.807) is 13.2 Å². The van der Waals surface area contributed by atoms with Gasteiger partial charge in [0.05, 0.1) is 13.4 Å². The summed E-state index contributed by atoms with van der Waals surface area (Å²) in [6.45, 7) is 0.123. The molecule has 0 aliphatic carbocycles. The zero-order valence-corrected chi connectivity index (χ0v) is 12.7. The summed E-state index contributed by atoms with van der Waals surface area (Å²) in [5, 5.41) is 0. The molecule has 0 saturated carbocycles.